The molecule has 2 aromatic heterocycles. The Hall–Kier alpha value is -7.76. The number of hydrogen-bond acceptors (Lipinski definition) is 4. The van der Waals surface area contributed by atoms with E-state index in [1.807, 2.05) is 48.5 Å². The molecule has 0 bridgehead atoms. The van der Waals surface area contributed by atoms with Crippen LogP contribution in [0.25, 0.3) is 67.0 Å². The molecule has 3 N–H and O–H groups in total. The third-order valence-electron chi connectivity index (χ3n) is 10.3. The lowest BCUT2D eigenvalue weighted by atomic mass is 9.84. The van der Waals surface area contributed by atoms with Gasteiger partial charge in [-0.25, -0.2) is 4.98 Å². The molecule has 1 aliphatic rings. The van der Waals surface area contributed by atoms with E-state index in [9.17, 15) is 0 Å². The summed E-state index contributed by atoms with van der Waals surface area (Å²) in [6.07, 6.45) is 6.10. The first-order valence-corrected chi connectivity index (χ1v) is 19.4. The van der Waals surface area contributed by atoms with Gasteiger partial charge in [-0.15, -0.1) is 0 Å². The van der Waals surface area contributed by atoms with E-state index in [1.54, 1.807) is 6.20 Å². The smallest absolute Gasteiger partial charge is 0.230 e. The minimum Gasteiger partial charge on any atom is -0.351 e. The van der Waals surface area contributed by atoms with Gasteiger partial charge < -0.3 is 5.32 Å². The van der Waals surface area contributed by atoms with Gasteiger partial charge in [0.05, 0.1) is 17.0 Å². The molecule has 5 nitrogen and oxygen atoms in total. The van der Waals surface area contributed by atoms with Crippen LogP contribution in [0.2, 0.25) is 0 Å². The molecular formula is C53H40N5+. The predicted octanol–water partition coefficient (Wildman–Crippen LogP) is 11.0. The van der Waals surface area contributed by atoms with Crippen LogP contribution in [-0.2, 0) is 0 Å². The van der Waals surface area contributed by atoms with Crippen LogP contribution in [-0.4, -0.2) is 28.1 Å². The predicted molar refractivity (Wildman–Crippen MR) is 241 cm³/mol. The maximum Gasteiger partial charge on any atom is 0.230 e. The van der Waals surface area contributed by atoms with Crippen molar-refractivity contribution in [1.82, 2.24) is 9.97 Å². The second-order valence-electron chi connectivity index (χ2n) is 14.1. The zero-order valence-electron chi connectivity index (χ0n) is 31.8. The van der Waals surface area contributed by atoms with Crippen LogP contribution in [0.1, 0.15) is 11.1 Å². The van der Waals surface area contributed by atoms with Crippen molar-refractivity contribution < 1.29 is 5.41 Å². The van der Waals surface area contributed by atoms with E-state index in [0.717, 1.165) is 78.2 Å². The van der Waals surface area contributed by atoms with Gasteiger partial charge in [-0.1, -0.05) is 133 Å². The molecule has 9 rings (SSSR count). The molecular weight excluding hydrogens is 707 g/mol. The van der Waals surface area contributed by atoms with E-state index in [1.165, 1.54) is 0 Å². The first kappa shape index (κ1) is 35.9. The molecule has 6 aromatic carbocycles. The van der Waals surface area contributed by atoms with Crippen LogP contribution in [0, 0.1) is 0 Å². The third-order valence-corrected chi connectivity index (χ3v) is 10.3. The Morgan fingerprint density at radius 1 is 0.431 bits per heavy atom. The van der Waals surface area contributed by atoms with Gasteiger partial charge in [-0.3, -0.25) is 15.4 Å². The van der Waals surface area contributed by atoms with Crippen molar-refractivity contribution in [3.8, 4) is 55.9 Å². The van der Waals surface area contributed by atoms with Crippen molar-refractivity contribution >= 4 is 28.4 Å². The summed E-state index contributed by atoms with van der Waals surface area (Å²) in [6, 6.07) is 67.3. The van der Waals surface area contributed by atoms with E-state index in [2.05, 4.69) is 168 Å². The number of nitrogens with two attached hydrogens (primary N) is 1. The molecule has 2 heterocycles. The summed E-state index contributed by atoms with van der Waals surface area (Å²) < 4.78 is 0. The quantitative estimate of drug-likeness (QED) is 0.137. The van der Waals surface area contributed by atoms with E-state index in [-0.39, 0.29) is 6.67 Å². The summed E-state index contributed by atoms with van der Waals surface area (Å²) in [6.45, 7) is 0.268. The molecule has 0 atom stereocenters. The van der Waals surface area contributed by atoms with Crippen molar-refractivity contribution in [2.24, 2.45) is 4.99 Å². The lowest BCUT2D eigenvalue weighted by molar-refractivity contribution is -0.108. The number of allylic oxidation sites excluding steroid dienone is 4. The molecule has 0 aliphatic heterocycles. The highest BCUT2D eigenvalue weighted by atomic mass is 15.1. The van der Waals surface area contributed by atoms with Crippen molar-refractivity contribution in [2.75, 3.05) is 12.0 Å². The normalized spacial score (nSPS) is 13.2. The van der Waals surface area contributed by atoms with E-state index in [0.29, 0.717) is 17.2 Å². The molecule has 0 fully saturated rings. The number of nitrogens with one attached hydrogen (secondary N) is 1. The number of aliphatic imine (C=N–C) groups is 1. The fourth-order valence-corrected chi connectivity index (χ4v) is 7.34. The molecule has 0 spiro atoms. The Balaban J connectivity index is 1.18. The summed E-state index contributed by atoms with van der Waals surface area (Å²) in [5.74, 6) is 0.702. The van der Waals surface area contributed by atoms with E-state index >= 15 is 0 Å². The fourth-order valence-electron chi connectivity index (χ4n) is 7.34. The number of rotatable bonds is 10. The summed E-state index contributed by atoms with van der Waals surface area (Å²) >= 11 is 0. The molecule has 5 heteroatoms. The molecule has 58 heavy (non-hydrogen) atoms. The monoisotopic (exact) mass is 746 g/mol. The summed E-state index contributed by atoms with van der Waals surface area (Å²) in [7, 11) is 0. The van der Waals surface area contributed by atoms with Crippen LogP contribution in [0.3, 0.4) is 0 Å². The molecule has 0 unspecified atom stereocenters. The van der Waals surface area contributed by atoms with Crippen LogP contribution < -0.4 is 10.7 Å². The highest BCUT2D eigenvalue weighted by molar-refractivity contribution is 6.61. The number of aromatic nitrogens is 2. The average molecular weight is 747 g/mol. The van der Waals surface area contributed by atoms with Crippen molar-refractivity contribution in [1.29, 1.82) is 0 Å². The number of benzene rings is 6. The van der Waals surface area contributed by atoms with Gasteiger partial charge in [0.1, 0.15) is 18.2 Å². The van der Waals surface area contributed by atoms with E-state index < -0.39 is 0 Å². The number of hydrogen-bond donors (Lipinski definition) is 2. The maximum atomic E-state index is 7.22. The van der Waals surface area contributed by atoms with E-state index in [4.69, 9.17) is 15.4 Å². The summed E-state index contributed by atoms with van der Waals surface area (Å²) in [5, 5.41) is 10.6. The van der Waals surface area contributed by atoms with Gasteiger partial charge in [-0.2, -0.15) is 0 Å². The van der Waals surface area contributed by atoms with Gasteiger partial charge in [0.2, 0.25) is 5.71 Å². The lowest BCUT2D eigenvalue weighted by Gasteiger charge is -2.18. The van der Waals surface area contributed by atoms with Crippen LogP contribution >= 0.6 is 0 Å². The highest BCUT2D eigenvalue weighted by Gasteiger charge is 2.26. The second kappa shape index (κ2) is 16.5. The van der Waals surface area contributed by atoms with Gasteiger partial charge in [0.25, 0.3) is 0 Å². The number of pyridine rings is 2. The molecule has 0 radical (unpaired) electrons. The fraction of sp³-hybridized carbons (Fsp3) is 0.0189. The Kier molecular flexibility index (Phi) is 10.2. The zero-order valence-corrected chi connectivity index (χ0v) is 31.8. The highest BCUT2D eigenvalue weighted by Crippen LogP contribution is 2.37. The van der Waals surface area contributed by atoms with Crippen molar-refractivity contribution in [3.63, 3.8) is 0 Å². The minimum absolute atomic E-state index is 0.268. The Labute approximate surface area is 339 Å². The summed E-state index contributed by atoms with van der Waals surface area (Å²) in [4.78, 5) is 14.4. The SMILES string of the molecule is [NH2+]=C1C(c2cc(-c3ccccc3)cc(-c3ccccc3)c2)=CC(c2cc(-c3ccccc3)cc(-c3ccccc3)c2)=C/C1=N/CNc1cccc(-c2ccccn2)n1. The zero-order chi connectivity index (χ0) is 39.1. The largest absolute Gasteiger partial charge is 0.351 e. The molecule has 8 aromatic rings. The van der Waals surface area contributed by atoms with Gasteiger partial charge in [0.15, 0.2) is 0 Å². The number of nitrogens with zero attached hydrogens (tertiary/aromatic N) is 3. The maximum absolute atomic E-state index is 7.22. The van der Waals surface area contributed by atoms with Gasteiger partial charge >= 0.3 is 0 Å². The second-order valence-corrected chi connectivity index (χ2v) is 14.1. The minimum atomic E-state index is 0.268. The third kappa shape index (κ3) is 7.97. The molecule has 276 valence electrons. The van der Waals surface area contributed by atoms with Crippen LogP contribution in [0.5, 0.6) is 0 Å². The Bertz CT molecular complexity index is 2700. The number of anilines is 1. The van der Waals surface area contributed by atoms with Crippen LogP contribution in [0.4, 0.5) is 5.82 Å². The lowest BCUT2D eigenvalue weighted by Crippen LogP contribution is -2.46. The molecule has 0 amide bonds. The first-order chi connectivity index (χ1) is 28.6. The first-order valence-electron chi connectivity index (χ1n) is 19.4. The van der Waals surface area contributed by atoms with Gasteiger partial charge in [0, 0.05) is 6.20 Å². The topological polar surface area (TPSA) is 75.8 Å². The van der Waals surface area contributed by atoms with Crippen LogP contribution in [0.15, 0.2) is 217 Å². The van der Waals surface area contributed by atoms with Crippen molar-refractivity contribution in [3.05, 3.63) is 224 Å². The average Bonchev–Trinajstić information content (AvgIpc) is 3.31. The standard InChI is InChI=1S/C53H39N5/c54-53-48(47-32-43(39-20-9-3-10-21-39)29-44(33-47)40-22-11-4-12-23-40)34-46(35-51(53)56-36-57-52-26-15-25-50(58-52)49-24-13-14-27-55-49)45-30-41(37-16-5-1-6-17-37)28-42(31-45)38-18-7-2-8-19-38/h1-35,54H,36H2,(H,57,58)/p+1/b54-53?,56-51-. The summed E-state index contributed by atoms with van der Waals surface area (Å²) in [5.41, 5.74) is 15.9. The molecule has 0 saturated heterocycles. The molecule has 0 saturated carbocycles. The van der Waals surface area contributed by atoms with Gasteiger partial charge in [-0.05, 0) is 134 Å². The molecule has 1 aliphatic carbocycles. The Morgan fingerprint density at radius 3 is 1.40 bits per heavy atom. The van der Waals surface area contributed by atoms with Crippen molar-refractivity contribution in [2.45, 2.75) is 0 Å². The Morgan fingerprint density at radius 2 is 0.897 bits per heavy atom.